The first kappa shape index (κ1) is 16.8. The molecule has 0 aromatic rings. The van der Waals surface area contributed by atoms with Crippen molar-refractivity contribution in [3.63, 3.8) is 0 Å². The van der Waals surface area contributed by atoms with Crippen LogP contribution in [0.4, 0.5) is 0 Å². The number of hydrogen-bond acceptors (Lipinski definition) is 1. The Kier molecular flexibility index (Phi) is 86.6. The molecule has 0 amide bonds. The zero-order valence-electron chi connectivity index (χ0n) is 1.16. The maximum Gasteiger partial charge on any atom is 0.0464 e. The quantitative estimate of drug-likeness (QED) is 0.415. The summed E-state index contributed by atoms with van der Waals surface area (Å²) < 4.78 is 0. The van der Waals surface area contributed by atoms with E-state index in [0.717, 1.165) is 0 Å². The SMILES string of the molecule is [Cu].[InH3].[P]=S. The second-order valence-electron chi connectivity index (χ2n) is 0. The maximum absolute atomic E-state index is 3.78. The largest absolute Gasteiger partial charge is 0.0464 e. The first-order chi connectivity index (χ1) is 1.00. The number of rotatable bonds is 0. The van der Waals surface area contributed by atoms with Gasteiger partial charge in [-0.2, -0.15) is 0 Å². The van der Waals surface area contributed by atoms with E-state index in [1.165, 1.54) is 0 Å². The molecule has 0 rings (SSSR count). The first-order valence-electron chi connectivity index (χ1n) is 0.183. The third kappa shape index (κ3) is 9.08. The zero-order chi connectivity index (χ0) is 2.00. The van der Waals surface area contributed by atoms with Gasteiger partial charge in [0.2, 0.25) is 0 Å². The van der Waals surface area contributed by atoms with Crippen LogP contribution in [-0.4, -0.2) is 25.8 Å². The van der Waals surface area contributed by atoms with Crippen LogP contribution in [0.2, 0.25) is 0 Å². The van der Waals surface area contributed by atoms with Gasteiger partial charge >= 0.3 is 25.8 Å². The summed E-state index contributed by atoms with van der Waals surface area (Å²) in [6.07, 6.45) is 0. The van der Waals surface area contributed by atoms with Gasteiger partial charge in [0.25, 0.3) is 0 Å². The molecule has 4 heavy (non-hydrogen) atoms. The molecule has 0 aromatic heterocycles. The molecular weight excluding hydrogens is 241 g/mol. The van der Waals surface area contributed by atoms with E-state index in [4.69, 9.17) is 0 Å². The van der Waals surface area contributed by atoms with E-state index in [2.05, 4.69) is 19.8 Å². The van der Waals surface area contributed by atoms with Gasteiger partial charge in [0.1, 0.15) is 0 Å². The van der Waals surface area contributed by atoms with Crippen LogP contribution < -0.4 is 0 Å². The van der Waals surface area contributed by atoms with Gasteiger partial charge in [-0.05, 0) is 11.8 Å². The van der Waals surface area contributed by atoms with Crippen molar-refractivity contribution in [2.75, 3.05) is 0 Å². The Morgan fingerprint density at radius 3 is 1.25 bits per heavy atom. The van der Waals surface area contributed by atoms with Gasteiger partial charge in [-0.1, -0.05) is 0 Å². The summed E-state index contributed by atoms with van der Waals surface area (Å²) in [6, 6.07) is 0. The summed E-state index contributed by atoms with van der Waals surface area (Å²) in [4.78, 5) is 0. The van der Waals surface area contributed by atoms with Crippen molar-refractivity contribution in [3.8, 4) is 0 Å². The van der Waals surface area contributed by atoms with E-state index in [1.807, 2.05) is 0 Å². The molecule has 0 saturated carbocycles. The van der Waals surface area contributed by atoms with Crippen LogP contribution in [0.25, 0.3) is 0 Å². The fraction of sp³-hybridized carbons (Fsp3) is 0. The van der Waals surface area contributed by atoms with Crippen molar-refractivity contribution in [3.05, 3.63) is 0 Å². The predicted octanol–water partition coefficient (Wildman–Crippen LogP) is -0.328. The van der Waals surface area contributed by atoms with Crippen LogP contribution in [-0.2, 0) is 28.9 Å². The summed E-state index contributed by atoms with van der Waals surface area (Å²) in [5, 5.41) is 0. The molecule has 0 aliphatic rings. The van der Waals surface area contributed by atoms with Crippen LogP contribution in [0.15, 0.2) is 0 Å². The van der Waals surface area contributed by atoms with E-state index in [9.17, 15) is 0 Å². The average Bonchev–Trinajstić information content (AvgIpc) is 1.00. The minimum Gasteiger partial charge on any atom is -0.0464 e. The fourth-order valence-electron chi connectivity index (χ4n) is 0. The molecule has 0 unspecified atom stereocenters. The van der Waals surface area contributed by atoms with Crippen LogP contribution in [0.3, 0.4) is 0 Å². The second-order valence-corrected chi connectivity index (χ2v) is 0. The molecule has 28 valence electrons. The van der Waals surface area contributed by atoms with Crippen LogP contribution in [0.5, 0.6) is 0 Å². The Bertz CT molecular complexity index is 8.00. The molecule has 0 nitrogen and oxygen atoms in total. The van der Waals surface area contributed by atoms with Crippen LogP contribution >= 0.6 is 8.02 Å². The monoisotopic (exact) mass is 244 g/mol. The molecule has 0 N–H and O–H groups in total. The van der Waals surface area contributed by atoms with Gasteiger partial charge in [-0.25, -0.2) is 0 Å². The summed E-state index contributed by atoms with van der Waals surface area (Å²) >= 11 is 3.78. The summed E-state index contributed by atoms with van der Waals surface area (Å²) in [6.45, 7) is 0. The Hall–Kier alpha value is 1.91. The average molecular weight is 244 g/mol. The Balaban J connectivity index is -0.00000000500. The van der Waals surface area contributed by atoms with E-state index in [1.54, 1.807) is 0 Å². The van der Waals surface area contributed by atoms with E-state index in [-0.39, 0.29) is 42.9 Å². The smallest absolute Gasteiger partial charge is 0.0464 e. The molecule has 0 aliphatic carbocycles. The molecule has 0 heterocycles. The molecule has 2 radical (unpaired) electrons. The fourth-order valence-corrected chi connectivity index (χ4v) is 0. The second kappa shape index (κ2) is 20.6. The molecule has 0 bridgehead atoms. The van der Waals surface area contributed by atoms with Gasteiger partial charge in [0.15, 0.2) is 0 Å². The molecule has 0 fully saturated rings. The van der Waals surface area contributed by atoms with E-state index >= 15 is 0 Å². The Labute approximate surface area is 62.2 Å². The van der Waals surface area contributed by atoms with Crippen molar-refractivity contribution in [1.29, 1.82) is 0 Å². The van der Waals surface area contributed by atoms with Crippen molar-refractivity contribution < 1.29 is 17.1 Å². The van der Waals surface area contributed by atoms with Gasteiger partial charge < -0.3 is 0 Å². The van der Waals surface area contributed by atoms with Crippen molar-refractivity contribution in [1.82, 2.24) is 0 Å². The van der Waals surface area contributed by atoms with Gasteiger partial charge in [0, 0.05) is 25.1 Å². The molecule has 0 atom stereocenters. The molecule has 4 heteroatoms. The van der Waals surface area contributed by atoms with Crippen LogP contribution in [0.1, 0.15) is 0 Å². The van der Waals surface area contributed by atoms with Gasteiger partial charge in [0.05, 0.1) is 0 Å². The Morgan fingerprint density at radius 2 is 1.25 bits per heavy atom. The normalized spacial score (nSPS) is 1.00. The minimum atomic E-state index is 0. The summed E-state index contributed by atoms with van der Waals surface area (Å²) in [7, 11) is 3.11. The standard InChI is InChI=1S/Cu.In.PS.3H/c;;1-2;;;. The van der Waals surface area contributed by atoms with E-state index < -0.39 is 0 Å². The zero-order valence-corrected chi connectivity index (χ0v) is 3.81. The van der Waals surface area contributed by atoms with Gasteiger partial charge in [-0.15, -0.1) is 0 Å². The summed E-state index contributed by atoms with van der Waals surface area (Å²) in [5.41, 5.74) is 0. The van der Waals surface area contributed by atoms with Crippen molar-refractivity contribution in [2.45, 2.75) is 0 Å². The molecule has 0 aliphatic heterocycles. The molecular formula is H3CuInPS. The first-order valence-corrected chi connectivity index (χ1v) is 1.64. The van der Waals surface area contributed by atoms with Gasteiger partial charge in [-0.3, -0.25) is 0 Å². The van der Waals surface area contributed by atoms with Crippen molar-refractivity contribution >= 4 is 45.7 Å². The molecule has 0 saturated heterocycles. The topological polar surface area (TPSA) is 0 Å². The Morgan fingerprint density at radius 1 is 1.25 bits per heavy atom. The minimum absolute atomic E-state index is 0. The predicted molar refractivity (Wildman–Crippen MR) is 24.2 cm³/mol. The van der Waals surface area contributed by atoms with E-state index in [0.29, 0.717) is 0 Å². The van der Waals surface area contributed by atoms with Crippen molar-refractivity contribution in [2.24, 2.45) is 0 Å². The van der Waals surface area contributed by atoms with Crippen LogP contribution in [0, 0.1) is 0 Å². The number of hydrogen-bond donors (Lipinski definition) is 0. The summed E-state index contributed by atoms with van der Waals surface area (Å²) in [5.74, 6) is 0. The molecule has 0 aromatic carbocycles. The maximum atomic E-state index is 3.78. The third-order valence-electron chi connectivity index (χ3n) is 0. The third-order valence-corrected chi connectivity index (χ3v) is 0. The molecule has 0 spiro atoms.